The zero-order valence-electron chi connectivity index (χ0n) is 28.0. The Bertz CT molecular complexity index is 1960. The first-order chi connectivity index (χ1) is 24.1. The second-order valence-electron chi connectivity index (χ2n) is 11.9. The number of halogens is 1. The van der Waals surface area contributed by atoms with E-state index in [9.17, 15) is 18.0 Å². The number of carbonyl (C=O) groups is 2. The molecule has 0 unspecified atom stereocenters. The van der Waals surface area contributed by atoms with Crippen LogP contribution in [0.15, 0.2) is 149 Å². The summed E-state index contributed by atoms with van der Waals surface area (Å²) >= 11 is 3.52. The van der Waals surface area contributed by atoms with Crippen LogP contribution in [-0.4, -0.2) is 43.8 Å². The molecule has 5 aromatic rings. The van der Waals surface area contributed by atoms with Gasteiger partial charge in [-0.1, -0.05) is 102 Å². The second kappa shape index (κ2) is 17.1. The Balaban J connectivity index is 1.55. The Kier molecular flexibility index (Phi) is 12.5. The SMILES string of the molecule is CC[C@H](C)NC(=O)[C@@H](Cc1ccccc1)N(Cc1cccc(Br)c1)C(=O)CN(c1ccc(Oc2ccccc2)cc1)S(=O)(=O)c1ccccc1. The number of carbonyl (C=O) groups excluding carboxylic acids is 2. The normalized spacial score (nSPS) is 12.4. The van der Waals surface area contributed by atoms with E-state index in [1.165, 1.54) is 17.0 Å². The van der Waals surface area contributed by atoms with Crippen molar-refractivity contribution >= 4 is 43.5 Å². The van der Waals surface area contributed by atoms with Gasteiger partial charge in [-0.05, 0) is 85.1 Å². The summed E-state index contributed by atoms with van der Waals surface area (Å²) in [6.07, 6.45) is 0.941. The predicted octanol–water partition coefficient (Wildman–Crippen LogP) is 7.99. The highest BCUT2D eigenvalue weighted by Gasteiger charge is 2.35. The van der Waals surface area contributed by atoms with Gasteiger partial charge in [0.05, 0.1) is 10.6 Å². The third-order valence-electron chi connectivity index (χ3n) is 8.23. The van der Waals surface area contributed by atoms with Crippen molar-refractivity contribution in [1.82, 2.24) is 10.2 Å². The molecule has 1 N–H and O–H groups in total. The lowest BCUT2D eigenvalue weighted by atomic mass is 10.0. The first-order valence-corrected chi connectivity index (χ1v) is 18.7. The van der Waals surface area contributed by atoms with E-state index >= 15 is 0 Å². The van der Waals surface area contributed by atoms with E-state index in [0.717, 1.165) is 19.9 Å². The third-order valence-corrected chi connectivity index (χ3v) is 10.5. The number of nitrogens with one attached hydrogen (secondary N) is 1. The Labute approximate surface area is 302 Å². The number of amides is 2. The molecular weight excluding hydrogens is 714 g/mol. The van der Waals surface area contributed by atoms with Crippen molar-refractivity contribution in [2.75, 3.05) is 10.8 Å². The van der Waals surface area contributed by atoms with Crippen molar-refractivity contribution in [3.8, 4) is 11.5 Å². The number of rotatable bonds is 15. The van der Waals surface area contributed by atoms with Gasteiger partial charge in [-0.15, -0.1) is 0 Å². The molecule has 0 bridgehead atoms. The van der Waals surface area contributed by atoms with Crippen LogP contribution < -0.4 is 14.4 Å². The number of benzene rings is 5. The Morgan fingerprint density at radius 3 is 1.96 bits per heavy atom. The van der Waals surface area contributed by atoms with Crippen LogP contribution in [0.25, 0.3) is 0 Å². The molecule has 0 saturated carbocycles. The molecule has 258 valence electrons. The van der Waals surface area contributed by atoms with Gasteiger partial charge >= 0.3 is 0 Å². The van der Waals surface area contributed by atoms with Crippen molar-refractivity contribution in [2.24, 2.45) is 0 Å². The third kappa shape index (κ3) is 9.61. The van der Waals surface area contributed by atoms with Crippen LogP contribution in [0, 0.1) is 0 Å². The summed E-state index contributed by atoms with van der Waals surface area (Å²) in [6.45, 7) is 3.42. The molecule has 0 aliphatic heterocycles. The predicted molar refractivity (Wildman–Crippen MR) is 200 cm³/mol. The van der Waals surface area contributed by atoms with E-state index in [2.05, 4.69) is 21.2 Å². The second-order valence-corrected chi connectivity index (χ2v) is 14.7. The first-order valence-electron chi connectivity index (χ1n) is 16.4. The summed E-state index contributed by atoms with van der Waals surface area (Å²) in [5.74, 6) is 0.289. The average Bonchev–Trinajstić information content (AvgIpc) is 3.13. The molecule has 0 fully saturated rings. The molecule has 8 nitrogen and oxygen atoms in total. The molecule has 0 spiro atoms. The van der Waals surface area contributed by atoms with Crippen LogP contribution >= 0.6 is 15.9 Å². The lowest BCUT2D eigenvalue weighted by Gasteiger charge is -2.34. The van der Waals surface area contributed by atoms with E-state index < -0.39 is 28.5 Å². The highest BCUT2D eigenvalue weighted by molar-refractivity contribution is 9.10. The molecule has 5 aromatic carbocycles. The number of nitrogens with zero attached hydrogens (tertiary/aromatic N) is 2. The lowest BCUT2D eigenvalue weighted by molar-refractivity contribution is -0.140. The maximum Gasteiger partial charge on any atom is 0.264 e. The minimum Gasteiger partial charge on any atom is -0.457 e. The van der Waals surface area contributed by atoms with Gasteiger partial charge in [0.1, 0.15) is 24.1 Å². The van der Waals surface area contributed by atoms with Crippen molar-refractivity contribution in [1.29, 1.82) is 0 Å². The Hall–Kier alpha value is -4.93. The fourth-order valence-electron chi connectivity index (χ4n) is 5.38. The van der Waals surface area contributed by atoms with E-state index in [4.69, 9.17) is 4.74 Å². The van der Waals surface area contributed by atoms with E-state index in [0.29, 0.717) is 17.9 Å². The standard InChI is InChI=1S/C40H40BrN3O5S/c1-3-30(2)42-40(46)38(27-31-14-7-4-8-15-31)43(28-32-16-13-17-33(41)26-32)39(45)29-44(50(47,48)37-20-11-6-12-21-37)34-22-24-36(25-23-34)49-35-18-9-5-10-19-35/h4-26,30,38H,3,27-29H2,1-2H3,(H,42,46)/t30-,38+/m0/s1. The fourth-order valence-corrected chi connectivity index (χ4v) is 7.26. The molecule has 0 aliphatic carbocycles. The number of hydrogen-bond acceptors (Lipinski definition) is 5. The molecule has 0 aliphatic rings. The van der Waals surface area contributed by atoms with Crippen molar-refractivity contribution in [2.45, 2.75) is 50.2 Å². The van der Waals surface area contributed by atoms with Crippen LogP contribution in [0.5, 0.6) is 11.5 Å². The smallest absolute Gasteiger partial charge is 0.264 e. The topological polar surface area (TPSA) is 96.0 Å². The van der Waals surface area contributed by atoms with Crippen LogP contribution in [0.2, 0.25) is 0 Å². The van der Waals surface area contributed by atoms with Gasteiger partial charge in [-0.25, -0.2) is 8.42 Å². The van der Waals surface area contributed by atoms with Crippen LogP contribution in [0.1, 0.15) is 31.4 Å². The van der Waals surface area contributed by atoms with Crippen molar-refractivity contribution in [3.63, 3.8) is 0 Å². The summed E-state index contributed by atoms with van der Waals surface area (Å²) in [7, 11) is -4.22. The van der Waals surface area contributed by atoms with E-state index in [-0.39, 0.29) is 35.5 Å². The molecular formula is C40H40BrN3O5S. The number of anilines is 1. The van der Waals surface area contributed by atoms with Gasteiger partial charge in [-0.2, -0.15) is 0 Å². The molecule has 10 heteroatoms. The van der Waals surface area contributed by atoms with Gasteiger partial charge < -0.3 is 15.0 Å². The number of sulfonamides is 1. The molecule has 2 amide bonds. The van der Waals surface area contributed by atoms with E-state index in [1.807, 2.05) is 98.8 Å². The summed E-state index contributed by atoms with van der Waals surface area (Å²) < 4.78 is 36.4. The molecule has 0 heterocycles. The molecule has 0 saturated heterocycles. The van der Waals surface area contributed by atoms with Gasteiger partial charge in [0.15, 0.2) is 0 Å². The Morgan fingerprint density at radius 1 is 0.760 bits per heavy atom. The highest BCUT2D eigenvalue weighted by Crippen LogP contribution is 2.29. The largest absolute Gasteiger partial charge is 0.457 e. The maximum atomic E-state index is 14.7. The summed E-state index contributed by atoms with van der Waals surface area (Å²) in [5.41, 5.74) is 1.92. The number of ether oxygens (including phenoxy) is 1. The molecule has 0 radical (unpaired) electrons. The maximum absolute atomic E-state index is 14.7. The molecule has 50 heavy (non-hydrogen) atoms. The highest BCUT2D eigenvalue weighted by atomic mass is 79.9. The lowest BCUT2D eigenvalue weighted by Crippen LogP contribution is -2.54. The molecule has 5 rings (SSSR count). The zero-order valence-corrected chi connectivity index (χ0v) is 30.4. The van der Waals surface area contributed by atoms with Gasteiger partial charge in [0.25, 0.3) is 10.0 Å². The Morgan fingerprint density at radius 2 is 1.34 bits per heavy atom. The first kappa shape index (κ1) is 36.4. The van der Waals surface area contributed by atoms with Gasteiger partial charge in [0.2, 0.25) is 11.8 Å². The average molecular weight is 755 g/mol. The van der Waals surface area contributed by atoms with Gasteiger partial charge in [-0.3, -0.25) is 13.9 Å². The summed E-state index contributed by atoms with van der Waals surface area (Å²) in [6, 6.07) is 39.7. The molecule has 0 aromatic heterocycles. The summed E-state index contributed by atoms with van der Waals surface area (Å²) in [5, 5.41) is 3.06. The van der Waals surface area contributed by atoms with Gasteiger partial charge in [0, 0.05) is 23.5 Å². The van der Waals surface area contributed by atoms with Crippen LogP contribution in [0.3, 0.4) is 0 Å². The monoisotopic (exact) mass is 753 g/mol. The number of para-hydroxylation sites is 1. The zero-order chi connectivity index (χ0) is 35.5. The van der Waals surface area contributed by atoms with Crippen molar-refractivity contribution in [3.05, 3.63) is 155 Å². The van der Waals surface area contributed by atoms with Crippen LogP contribution in [0.4, 0.5) is 5.69 Å². The minimum atomic E-state index is -4.22. The molecule has 2 atom stereocenters. The minimum absolute atomic E-state index is 0.0336. The number of hydrogen-bond donors (Lipinski definition) is 1. The fraction of sp³-hybridized carbons (Fsp3) is 0.200. The summed E-state index contributed by atoms with van der Waals surface area (Å²) in [4.78, 5) is 30.2. The quantitative estimate of drug-likeness (QED) is 0.117. The van der Waals surface area contributed by atoms with E-state index in [1.54, 1.807) is 42.5 Å². The van der Waals surface area contributed by atoms with Crippen LogP contribution in [-0.2, 0) is 32.6 Å². The van der Waals surface area contributed by atoms with Crippen molar-refractivity contribution < 1.29 is 22.7 Å².